The summed E-state index contributed by atoms with van der Waals surface area (Å²) >= 11 is 4.34. The van der Waals surface area contributed by atoms with Crippen LogP contribution in [0.4, 0.5) is 4.39 Å². The monoisotopic (exact) mass is 377 g/mol. The first-order valence-electron chi connectivity index (χ1n) is 7.65. The Morgan fingerprint density at radius 3 is 2.42 bits per heavy atom. The zero-order valence-electron chi connectivity index (χ0n) is 14.9. The maximum atomic E-state index is 14.4. The van der Waals surface area contributed by atoms with E-state index in [0.717, 1.165) is 0 Å². The molecule has 0 heterocycles. The predicted octanol–water partition coefficient (Wildman–Crippen LogP) is 4.30. The summed E-state index contributed by atoms with van der Waals surface area (Å²) in [5, 5.41) is -0.0509. The number of carbonyl (C=O) groups excluding carboxylic acids is 1. The van der Waals surface area contributed by atoms with E-state index in [1.54, 1.807) is 47.6 Å². The van der Waals surface area contributed by atoms with Gasteiger partial charge in [-0.25, -0.2) is 4.39 Å². The molecule has 0 aliphatic carbocycles. The first-order chi connectivity index (χ1) is 10.8. The summed E-state index contributed by atoms with van der Waals surface area (Å²) in [4.78, 5) is 12.2. The Kier molecular flexibility index (Phi) is 7.11. The number of esters is 1. The minimum atomic E-state index is -1.49. The van der Waals surface area contributed by atoms with Gasteiger partial charge in [0.25, 0.3) is 0 Å². The van der Waals surface area contributed by atoms with Gasteiger partial charge in [-0.1, -0.05) is 23.7 Å². The lowest BCUT2D eigenvalue weighted by Crippen LogP contribution is -2.42. The first kappa shape index (κ1) is 21.2. The van der Waals surface area contributed by atoms with E-state index in [-0.39, 0.29) is 17.0 Å². The Hall–Kier alpha value is -0.820. The SMILES string of the molecule is CC(C)(C)OC(=O)C[C@@H](N[S+]([O-])C(C)(C)C)c1cccc(Cl)c1F. The Bertz CT molecular complexity index is 584. The summed E-state index contributed by atoms with van der Waals surface area (Å²) in [5.74, 6) is -1.14. The van der Waals surface area contributed by atoms with Gasteiger partial charge < -0.3 is 9.29 Å². The summed E-state index contributed by atoms with van der Waals surface area (Å²) in [7, 11) is 0. The Morgan fingerprint density at radius 1 is 1.33 bits per heavy atom. The van der Waals surface area contributed by atoms with Crippen LogP contribution in [0.2, 0.25) is 5.02 Å². The smallest absolute Gasteiger partial charge is 0.308 e. The van der Waals surface area contributed by atoms with Crippen molar-refractivity contribution in [1.29, 1.82) is 0 Å². The highest BCUT2D eigenvalue weighted by atomic mass is 35.5. The third-order valence-corrected chi connectivity index (χ3v) is 4.86. The van der Waals surface area contributed by atoms with Crippen LogP contribution in [-0.4, -0.2) is 20.9 Å². The molecular weight excluding hydrogens is 353 g/mol. The van der Waals surface area contributed by atoms with Crippen molar-refractivity contribution in [1.82, 2.24) is 4.72 Å². The van der Waals surface area contributed by atoms with Gasteiger partial charge in [0.05, 0.1) is 17.5 Å². The molecular formula is C17H25ClFNO3S. The third-order valence-electron chi connectivity index (χ3n) is 2.95. The van der Waals surface area contributed by atoms with Gasteiger partial charge >= 0.3 is 5.97 Å². The van der Waals surface area contributed by atoms with Crippen molar-refractivity contribution in [3.05, 3.63) is 34.6 Å². The van der Waals surface area contributed by atoms with Gasteiger partial charge in [0, 0.05) is 16.9 Å². The fraction of sp³-hybridized carbons (Fsp3) is 0.588. The number of halogens is 2. The van der Waals surface area contributed by atoms with Crippen LogP contribution in [0.3, 0.4) is 0 Å². The van der Waals surface area contributed by atoms with Gasteiger partial charge in [-0.15, -0.1) is 4.72 Å². The van der Waals surface area contributed by atoms with E-state index in [1.165, 1.54) is 12.1 Å². The molecule has 2 atom stereocenters. The maximum Gasteiger partial charge on any atom is 0.308 e. The lowest BCUT2D eigenvalue weighted by Gasteiger charge is -2.29. The van der Waals surface area contributed by atoms with Crippen LogP contribution in [0.5, 0.6) is 0 Å². The van der Waals surface area contributed by atoms with Crippen LogP contribution in [0.25, 0.3) is 0 Å². The van der Waals surface area contributed by atoms with Crippen molar-refractivity contribution < 1.29 is 18.5 Å². The molecule has 1 aromatic rings. The second-order valence-corrected chi connectivity index (χ2v) is 9.89. The number of rotatable bonds is 5. The molecule has 24 heavy (non-hydrogen) atoms. The molecule has 1 rings (SSSR count). The Morgan fingerprint density at radius 2 is 1.92 bits per heavy atom. The summed E-state index contributed by atoms with van der Waals surface area (Å²) in [6.07, 6.45) is -0.156. The molecule has 0 aliphatic heterocycles. The average Bonchev–Trinajstić information content (AvgIpc) is 2.37. The highest BCUT2D eigenvalue weighted by molar-refractivity contribution is 7.90. The van der Waals surface area contributed by atoms with Crippen molar-refractivity contribution >= 4 is 28.9 Å². The summed E-state index contributed by atoms with van der Waals surface area (Å²) in [5.41, 5.74) is -0.469. The number of carbonyl (C=O) groups is 1. The number of hydrogen-bond donors (Lipinski definition) is 1. The first-order valence-corrected chi connectivity index (χ1v) is 9.18. The molecule has 0 saturated heterocycles. The van der Waals surface area contributed by atoms with Crippen LogP contribution in [-0.2, 0) is 20.9 Å². The second kappa shape index (κ2) is 8.04. The normalized spacial score (nSPS) is 15.0. The van der Waals surface area contributed by atoms with E-state index in [2.05, 4.69) is 4.72 Å². The molecule has 0 bridgehead atoms. The van der Waals surface area contributed by atoms with E-state index in [1.807, 2.05) is 0 Å². The highest BCUT2D eigenvalue weighted by Crippen LogP contribution is 2.28. The van der Waals surface area contributed by atoms with Crippen LogP contribution in [0, 0.1) is 5.82 Å². The molecule has 4 nitrogen and oxygen atoms in total. The molecule has 0 aromatic heterocycles. The molecule has 0 amide bonds. The molecule has 7 heteroatoms. The quantitative estimate of drug-likeness (QED) is 0.613. The largest absolute Gasteiger partial charge is 0.598 e. The highest BCUT2D eigenvalue weighted by Gasteiger charge is 2.33. The van der Waals surface area contributed by atoms with Crippen molar-refractivity contribution in [2.45, 2.75) is 64.4 Å². The van der Waals surface area contributed by atoms with Crippen molar-refractivity contribution in [3.63, 3.8) is 0 Å². The summed E-state index contributed by atoms with van der Waals surface area (Å²) < 4.78 is 34.3. The maximum absolute atomic E-state index is 14.4. The zero-order chi connectivity index (χ0) is 18.7. The molecule has 1 N–H and O–H groups in total. The zero-order valence-corrected chi connectivity index (χ0v) is 16.5. The Labute approximate surface area is 151 Å². The van der Waals surface area contributed by atoms with Gasteiger partial charge in [-0.2, -0.15) is 0 Å². The Balaban J connectivity index is 3.08. The number of hydrogen-bond acceptors (Lipinski definition) is 4. The van der Waals surface area contributed by atoms with Gasteiger partial charge in [0.2, 0.25) is 0 Å². The molecule has 0 radical (unpaired) electrons. The van der Waals surface area contributed by atoms with Crippen LogP contribution in [0.1, 0.15) is 59.6 Å². The fourth-order valence-corrected chi connectivity index (χ4v) is 2.86. The van der Waals surface area contributed by atoms with Crippen molar-refractivity contribution in [3.8, 4) is 0 Å². The van der Waals surface area contributed by atoms with Gasteiger partial charge in [0.15, 0.2) is 0 Å². The number of benzene rings is 1. The molecule has 0 fully saturated rings. The molecule has 0 saturated carbocycles. The fourth-order valence-electron chi connectivity index (χ4n) is 1.86. The van der Waals surface area contributed by atoms with Crippen LogP contribution in [0.15, 0.2) is 18.2 Å². The number of ether oxygens (including phenoxy) is 1. The lowest BCUT2D eigenvalue weighted by atomic mass is 10.0. The van der Waals surface area contributed by atoms with Gasteiger partial charge in [0.1, 0.15) is 16.2 Å². The summed E-state index contributed by atoms with van der Waals surface area (Å²) in [6, 6.07) is 3.72. The molecule has 0 aliphatic rings. The third kappa shape index (κ3) is 6.59. The van der Waals surface area contributed by atoms with Gasteiger partial charge in [-0.3, -0.25) is 4.79 Å². The predicted molar refractivity (Wildman–Crippen MR) is 95.6 cm³/mol. The minimum absolute atomic E-state index is 0.0509. The topological polar surface area (TPSA) is 61.4 Å². The molecule has 1 unspecified atom stereocenters. The van der Waals surface area contributed by atoms with Crippen LogP contribution < -0.4 is 4.72 Å². The lowest BCUT2D eigenvalue weighted by molar-refractivity contribution is -0.155. The number of nitrogens with one attached hydrogen (secondary N) is 1. The van der Waals surface area contributed by atoms with Crippen molar-refractivity contribution in [2.24, 2.45) is 0 Å². The standard InChI is InChI=1S/C17H25ClFNO3S/c1-16(2,3)23-14(21)10-13(20-24(22)17(4,5)6)11-8-7-9-12(18)15(11)19/h7-9,13,20H,10H2,1-6H3/t13-,24?/m1/s1. The summed E-state index contributed by atoms with van der Waals surface area (Å²) in [6.45, 7) is 10.6. The van der Waals surface area contributed by atoms with E-state index in [9.17, 15) is 13.7 Å². The van der Waals surface area contributed by atoms with E-state index in [4.69, 9.17) is 16.3 Å². The van der Waals surface area contributed by atoms with E-state index < -0.39 is 39.5 Å². The average molecular weight is 378 g/mol. The van der Waals surface area contributed by atoms with Gasteiger partial charge in [-0.05, 0) is 47.6 Å². The molecule has 136 valence electrons. The molecule has 1 aromatic carbocycles. The van der Waals surface area contributed by atoms with E-state index >= 15 is 0 Å². The van der Waals surface area contributed by atoms with Crippen molar-refractivity contribution in [2.75, 3.05) is 0 Å². The van der Waals surface area contributed by atoms with E-state index in [0.29, 0.717) is 0 Å². The molecule has 0 spiro atoms. The minimum Gasteiger partial charge on any atom is -0.598 e. The van der Waals surface area contributed by atoms with Crippen LogP contribution >= 0.6 is 11.6 Å². The second-order valence-electron chi connectivity index (χ2n) is 7.49.